The minimum absolute atomic E-state index is 1.12. The Morgan fingerprint density at radius 2 is 2.00 bits per heavy atom. The number of nitrogens with zero attached hydrogens (tertiary/aromatic N) is 3. The lowest BCUT2D eigenvalue weighted by atomic mass is 10.2. The van der Waals surface area contributed by atoms with E-state index in [1.54, 1.807) is 10.8 Å². The highest BCUT2D eigenvalue weighted by molar-refractivity contribution is 5.57. The molecule has 0 aromatic carbocycles. The Kier molecular flexibility index (Phi) is 1.18. The normalized spacial score (nSPS) is 10.7. The van der Waals surface area contributed by atoms with Crippen LogP contribution in [0.2, 0.25) is 0 Å². The molecule has 2 heterocycles. The van der Waals surface area contributed by atoms with Crippen LogP contribution in [0.4, 0.5) is 0 Å². The number of hydrogen-bond acceptors (Lipinski definition) is 2. The second-order valence-electron chi connectivity index (χ2n) is 2.68. The molecule has 2 aromatic rings. The molecule has 0 spiro atoms. The van der Waals surface area contributed by atoms with Gasteiger partial charge in [0.25, 0.3) is 0 Å². The molecule has 0 aliphatic rings. The molecule has 0 saturated heterocycles. The van der Waals surface area contributed by atoms with E-state index >= 15 is 0 Å². The van der Waals surface area contributed by atoms with Crippen LogP contribution in [0.3, 0.4) is 0 Å². The summed E-state index contributed by atoms with van der Waals surface area (Å²) in [6.45, 7) is 4.10. The van der Waals surface area contributed by atoms with Gasteiger partial charge in [-0.3, -0.25) is 0 Å². The van der Waals surface area contributed by atoms with E-state index in [2.05, 4.69) is 17.1 Å². The number of hydrogen-bond donors (Lipinski definition) is 0. The first-order valence-electron chi connectivity index (χ1n) is 3.55. The zero-order valence-corrected chi connectivity index (χ0v) is 6.57. The van der Waals surface area contributed by atoms with Crippen molar-refractivity contribution in [2.45, 2.75) is 13.8 Å². The Hall–Kier alpha value is -1.38. The predicted octanol–water partition coefficient (Wildman–Crippen LogP) is 1.35. The molecular formula is C8H9N3. The molecule has 0 bridgehead atoms. The first-order chi connectivity index (χ1) is 5.29. The molecule has 2 aromatic heterocycles. The Labute approximate surface area is 64.7 Å². The lowest BCUT2D eigenvalue weighted by Crippen LogP contribution is -1.93. The highest BCUT2D eigenvalue weighted by Gasteiger charge is 2.01. The summed E-state index contributed by atoms with van der Waals surface area (Å²) < 4.78 is 1.66. The van der Waals surface area contributed by atoms with Gasteiger partial charge >= 0.3 is 0 Å². The molecule has 11 heavy (non-hydrogen) atoms. The fraction of sp³-hybridized carbons (Fsp3) is 0.250. The standard InChI is InChI=1S/C8H9N3/c1-6-3-4-9-11-8(6)7(2)5-10-11/h3-5H,1-2H3. The summed E-state index contributed by atoms with van der Waals surface area (Å²) in [5.41, 5.74) is 3.51. The zero-order chi connectivity index (χ0) is 7.84. The van der Waals surface area contributed by atoms with Crippen molar-refractivity contribution in [3.8, 4) is 0 Å². The molecule has 0 atom stereocenters. The van der Waals surface area contributed by atoms with Crippen LogP contribution >= 0.6 is 0 Å². The summed E-state index contributed by atoms with van der Waals surface area (Å²) in [5, 5.41) is 8.15. The SMILES string of the molecule is Cc1ccnn2ncc(C)c12. The van der Waals surface area contributed by atoms with Crippen molar-refractivity contribution < 1.29 is 0 Å². The molecule has 56 valence electrons. The van der Waals surface area contributed by atoms with Crippen molar-refractivity contribution in [2.24, 2.45) is 0 Å². The van der Waals surface area contributed by atoms with Crippen molar-refractivity contribution in [1.82, 2.24) is 14.8 Å². The molecule has 0 radical (unpaired) electrons. The Balaban J connectivity index is 2.96. The molecule has 2 rings (SSSR count). The molecule has 0 saturated carbocycles. The van der Waals surface area contributed by atoms with Gasteiger partial charge in [-0.2, -0.15) is 14.8 Å². The van der Waals surface area contributed by atoms with Crippen LogP contribution in [-0.2, 0) is 0 Å². The number of fused-ring (bicyclic) bond motifs is 1. The predicted molar refractivity (Wildman–Crippen MR) is 42.5 cm³/mol. The van der Waals surface area contributed by atoms with Crippen LogP contribution in [0.5, 0.6) is 0 Å². The number of aromatic nitrogens is 3. The Morgan fingerprint density at radius 3 is 2.73 bits per heavy atom. The Morgan fingerprint density at radius 1 is 1.18 bits per heavy atom. The van der Waals surface area contributed by atoms with Gasteiger partial charge in [0.2, 0.25) is 0 Å². The Bertz CT molecular complexity index is 389. The summed E-state index contributed by atoms with van der Waals surface area (Å²) in [6.07, 6.45) is 3.59. The van der Waals surface area contributed by atoms with E-state index in [4.69, 9.17) is 0 Å². The monoisotopic (exact) mass is 147 g/mol. The van der Waals surface area contributed by atoms with E-state index in [0.717, 1.165) is 5.52 Å². The minimum Gasteiger partial charge on any atom is -0.159 e. The van der Waals surface area contributed by atoms with E-state index in [1.165, 1.54) is 11.1 Å². The second-order valence-corrected chi connectivity index (χ2v) is 2.68. The van der Waals surface area contributed by atoms with Crippen LogP contribution < -0.4 is 0 Å². The lowest BCUT2D eigenvalue weighted by Gasteiger charge is -1.95. The molecule has 3 nitrogen and oxygen atoms in total. The molecule has 0 unspecified atom stereocenters. The van der Waals surface area contributed by atoms with Gasteiger partial charge in [0.1, 0.15) is 0 Å². The van der Waals surface area contributed by atoms with Crippen LogP contribution in [0.15, 0.2) is 18.5 Å². The van der Waals surface area contributed by atoms with E-state index in [1.807, 2.05) is 19.2 Å². The average Bonchev–Trinajstić information content (AvgIpc) is 2.34. The average molecular weight is 147 g/mol. The first kappa shape index (κ1) is 6.34. The van der Waals surface area contributed by atoms with Gasteiger partial charge in [-0.15, -0.1) is 0 Å². The van der Waals surface area contributed by atoms with Crippen molar-refractivity contribution in [3.63, 3.8) is 0 Å². The van der Waals surface area contributed by atoms with Crippen molar-refractivity contribution >= 4 is 5.52 Å². The molecule has 0 aliphatic heterocycles. The molecule has 0 amide bonds. The molecule has 0 aliphatic carbocycles. The third kappa shape index (κ3) is 0.808. The summed E-state index contributed by atoms with van der Waals surface area (Å²) in [5.74, 6) is 0. The smallest absolute Gasteiger partial charge is 0.0931 e. The maximum Gasteiger partial charge on any atom is 0.0931 e. The maximum absolute atomic E-state index is 4.08. The first-order valence-corrected chi connectivity index (χ1v) is 3.55. The highest BCUT2D eigenvalue weighted by atomic mass is 15.4. The molecular weight excluding hydrogens is 138 g/mol. The van der Waals surface area contributed by atoms with Crippen LogP contribution in [0, 0.1) is 13.8 Å². The van der Waals surface area contributed by atoms with Gasteiger partial charge in [0, 0.05) is 6.20 Å². The summed E-state index contributed by atoms with van der Waals surface area (Å²) >= 11 is 0. The number of rotatable bonds is 0. The minimum atomic E-state index is 1.12. The van der Waals surface area contributed by atoms with Gasteiger partial charge in [-0.25, -0.2) is 0 Å². The number of aryl methyl sites for hydroxylation is 2. The van der Waals surface area contributed by atoms with Crippen LogP contribution in [-0.4, -0.2) is 14.8 Å². The quantitative estimate of drug-likeness (QED) is 0.563. The fourth-order valence-corrected chi connectivity index (χ4v) is 1.26. The summed E-state index contributed by atoms with van der Waals surface area (Å²) in [6, 6.07) is 1.99. The van der Waals surface area contributed by atoms with Gasteiger partial charge in [-0.05, 0) is 31.0 Å². The summed E-state index contributed by atoms with van der Waals surface area (Å²) in [4.78, 5) is 0. The third-order valence-electron chi connectivity index (χ3n) is 1.81. The van der Waals surface area contributed by atoms with Gasteiger partial charge < -0.3 is 0 Å². The lowest BCUT2D eigenvalue weighted by molar-refractivity contribution is 0.796. The van der Waals surface area contributed by atoms with Crippen molar-refractivity contribution in [3.05, 3.63) is 29.6 Å². The van der Waals surface area contributed by atoms with E-state index in [0.29, 0.717) is 0 Å². The topological polar surface area (TPSA) is 30.2 Å². The second kappa shape index (κ2) is 2.05. The van der Waals surface area contributed by atoms with Gasteiger partial charge in [0.05, 0.1) is 11.7 Å². The van der Waals surface area contributed by atoms with Crippen LogP contribution in [0.25, 0.3) is 5.52 Å². The van der Waals surface area contributed by atoms with Gasteiger partial charge in [-0.1, -0.05) is 0 Å². The third-order valence-corrected chi connectivity index (χ3v) is 1.81. The van der Waals surface area contributed by atoms with E-state index < -0.39 is 0 Å². The fourth-order valence-electron chi connectivity index (χ4n) is 1.26. The summed E-state index contributed by atoms with van der Waals surface area (Å²) in [7, 11) is 0. The van der Waals surface area contributed by atoms with E-state index in [-0.39, 0.29) is 0 Å². The molecule has 0 fully saturated rings. The highest BCUT2D eigenvalue weighted by Crippen LogP contribution is 2.11. The maximum atomic E-state index is 4.08. The van der Waals surface area contributed by atoms with Crippen molar-refractivity contribution in [1.29, 1.82) is 0 Å². The van der Waals surface area contributed by atoms with Crippen molar-refractivity contribution in [2.75, 3.05) is 0 Å². The zero-order valence-electron chi connectivity index (χ0n) is 6.57. The largest absolute Gasteiger partial charge is 0.159 e. The molecule has 0 N–H and O–H groups in total. The van der Waals surface area contributed by atoms with Gasteiger partial charge in [0.15, 0.2) is 0 Å². The molecule has 3 heteroatoms. The van der Waals surface area contributed by atoms with Crippen LogP contribution in [0.1, 0.15) is 11.1 Å². The van der Waals surface area contributed by atoms with E-state index in [9.17, 15) is 0 Å².